The SMILES string of the molecule is CC(C)c1ccc(N=C(N)CCl)c(I)c1. The Morgan fingerprint density at radius 3 is 2.67 bits per heavy atom. The van der Waals surface area contributed by atoms with Gasteiger partial charge in [0, 0.05) is 3.57 Å². The van der Waals surface area contributed by atoms with Crippen molar-refractivity contribution in [1.82, 2.24) is 0 Å². The summed E-state index contributed by atoms with van der Waals surface area (Å²) in [7, 11) is 0. The van der Waals surface area contributed by atoms with Crippen LogP contribution in [-0.4, -0.2) is 11.7 Å². The van der Waals surface area contributed by atoms with Gasteiger partial charge in [-0.25, -0.2) is 4.99 Å². The molecule has 0 unspecified atom stereocenters. The van der Waals surface area contributed by atoms with Gasteiger partial charge in [-0.2, -0.15) is 0 Å². The second-order valence-corrected chi connectivity index (χ2v) is 5.03. The normalized spacial score (nSPS) is 12.2. The molecule has 82 valence electrons. The number of hydrogen-bond donors (Lipinski definition) is 1. The van der Waals surface area contributed by atoms with Crippen LogP contribution < -0.4 is 5.73 Å². The van der Waals surface area contributed by atoms with Crippen molar-refractivity contribution in [3.8, 4) is 0 Å². The highest BCUT2D eigenvalue weighted by Crippen LogP contribution is 2.25. The van der Waals surface area contributed by atoms with Gasteiger partial charge in [-0.15, -0.1) is 11.6 Å². The highest BCUT2D eigenvalue weighted by atomic mass is 127. The summed E-state index contributed by atoms with van der Waals surface area (Å²) in [4.78, 5) is 4.23. The van der Waals surface area contributed by atoms with Gasteiger partial charge in [0.2, 0.25) is 0 Å². The third kappa shape index (κ3) is 3.65. The molecule has 1 aromatic rings. The molecule has 15 heavy (non-hydrogen) atoms. The number of benzene rings is 1. The quantitative estimate of drug-likeness (QED) is 0.389. The smallest absolute Gasteiger partial charge is 0.115 e. The van der Waals surface area contributed by atoms with Crippen molar-refractivity contribution in [1.29, 1.82) is 0 Å². The van der Waals surface area contributed by atoms with Gasteiger partial charge >= 0.3 is 0 Å². The molecule has 1 rings (SSSR count). The maximum absolute atomic E-state index is 5.59. The van der Waals surface area contributed by atoms with Gasteiger partial charge in [-0.1, -0.05) is 19.9 Å². The van der Waals surface area contributed by atoms with Crippen LogP contribution in [0.2, 0.25) is 0 Å². The van der Waals surface area contributed by atoms with Crippen LogP contribution in [0, 0.1) is 3.57 Å². The van der Waals surface area contributed by atoms with Gasteiger partial charge in [0.05, 0.1) is 11.6 Å². The van der Waals surface area contributed by atoms with Gasteiger partial charge in [-0.3, -0.25) is 0 Å². The fraction of sp³-hybridized carbons (Fsp3) is 0.364. The van der Waals surface area contributed by atoms with Gasteiger partial charge in [0.1, 0.15) is 5.84 Å². The molecular formula is C11H14ClIN2. The van der Waals surface area contributed by atoms with Crippen LogP contribution in [0.25, 0.3) is 0 Å². The molecule has 0 amide bonds. The molecule has 0 atom stereocenters. The first-order chi connectivity index (χ1) is 7.04. The largest absolute Gasteiger partial charge is 0.386 e. The molecule has 1 aromatic carbocycles. The minimum absolute atomic E-state index is 0.266. The fourth-order valence-corrected chi connectivity index (χ4v) is 1.88. The van der Waals surface area contributed by atoms with E-state index < -0.39 is 0 Å². The lowest BCUT2D eigenvalue weighted by molar-refractivity contribution is 0.865. The summed E-state index contributed by atoms with van der Waals surface area (Å²) in [6.45, 7) is 4.34. The minimum atomic E-state index is 0.266. The summed E-state index contributed by atoms with van der Waals surface area (Å²) in [5, 5.41) is 0. The number of rotatable bonds is 3. The second kappa shape index (κ2) is 5.70. The number of halogens is 2. The Morgan fingerprint density at radius 2 is 2.20 bits per heavy atom. The molecule has 0 fully saturated rings. The standard InChI is InChI=1S/C11H14ClIN2/c1-7(2)8-3-4-10(9(13)5-8)15-11(14)6-12/h3-5,7H,6H2,1-2H3,(H2,14,15). The van der Waals surface area contributed by atoms with E-state index in [1.807, 2.05) is 6.07 Å². The number of hydrogen-bond acceptors (Lipinski definition) is 1. The van der Waals surface area contributed by atoms with E-state index in [4.69, 9.17) is 17.3 Å². The molecule has 0 spiro atoms. The first-order valence-corrected chi connectivity index (χ1v) is 6.34. The van der Waals surface area contributed by atoms with E-state index in [1.54, 1.807) is 0 Å². The molecule has 0 radical (unpaired) electrons. The Balaban J connectivity index is 3.03. The van der Waals surface area contributed by atoms with E-state index in [0.29, 0.717) is 11.8 Å². The van der Waals surface area contributed by atoms with E-state index in [-0.39, 0.29) is 5.88 Å². The molecule has 0 heterocycles. The average Bonchev–Trinajstić information content (AvgIpc) is 2.20. The van der Waals surface area contributed by atoms with Crippen LogP contribution >= 0.6 is 34.2 Å². The number of alkyl halides is 1. The lowest BCUT2D eigenvalue weighted by Gasteiger charge is -2.07. The van der Waals surface area contributed by atoms with Crippen molar-refractivity contribution in [2.45, 2.75) is 19.8 Å². The molecule has 0 aliphatic heterocycles. The zero-order valence-corrected chi connectivity index (χ0v) is 11.7. The van der Waals surface area contributed by atoms with Crippen LogP contribution in [0.4, 0.5) is 5.69 Å². The van der Waals surface area contributed by atoms with E-state index in [2.05, 4.69) is 53.6 Å². The van der Waals surface area contributed by atoms with E-state index >= 15 is 0 Å². The second-order valence-electron chi connectivity index (χ2n) is 3.60. The molecule has 0 saturated carbocycles. The molecule has 0 aliphatic carbocycles. The monoisotopic (exact) mass is 336 g/mol. The number of aliphatic imine (C=N–C) groups is 1. The summed E-state index contributed by atoms with van der Waals surface area (Å²) in [5.74, 6) is 1.25. The maximum atomic E-state index is 5.59. The Labute approximate surface area is 109 Å². The highest BCUT2D eigenvalue weighted by Gasteiger charge is 2.03. The van der Waals surface area contributed by atoms with Crippen molar-refractivity contribution in [3.05, 3.63) is 27.3 Å². The van der Waals surface area contributed by atoms with Crippen molar-refractivity contribution in [2.75, 3.05) is 5.88 Å². The van der Waals surface area contributed by atoms with Gasteiger partial charge in [0.25, 0.3) is 0 Å². The summed E-state index contributed by atoms with van der Waals surface area (Å²) < 4.78 is 1.10. The summed E-state index contributed by atoms with van der Waals surface area (Å²) in [5.41, 5.74) is 7.78. The van der Waals surface area contributed by atoms with Crippen LogP contribution in [0.15, 0.2) is 23.2 Å². The summed E-state index contributed by atoms with van der Waals surface area (Å²) in [6, 6.07) is 6.19. The fourth-order valence-electron chi connectivity index (χ4n) is 1.16. The molecule has 2 N–H and O–H groups in total. The Morgan fingerprint density at radius 1 is 1.53 bits per heavy atom. The topological polar surface area (TPSA) is 38.4 Å². The van der Waals surface area contributed by atoms with Crippen molar-refractivity contribution in [3.63, 3.8) is 0 Å². The Hall–Kier alpha value is -0.290. The molecule has 0 aliphatic rings. The van der Waals surface area contributed by atoms with E-state index in [1.165, 1.54) is 5.56 Å². The average molecular weight is 337 g/mol. The predicted octanol–water partition coefficient (Wildman–Crippen LogP) is 3.64. The Bertz CT molecular complexity index is 375. The lowest BCUT2D eigenvalue weighted by Crippen LogP contribution is -2.12. The predicted molar refractivity (Wildman–Crippen MR) is 75.3 cm³/mol. The minimum Gasteiger partial charge on any atom is -0.386 e. The van der Waals surface area contributed by atoms with Crippen molar-refractivity contribution < 1.29 is 0 Å². The third-order valence-corrected chi connectivity index (χ3v) is 3.18. The lowest BCUT2D eigenvalue weighted by atomic mass is 10.0. The van der Waals surface area contributed by atoms with Crippen molar-refractivity contribution >= 4 is 45.7 Å². The number of amidine groups is 1. The van der Waals surface area contributed by atoms with Crippen LogP contribution in [-0.2, 0) is 0 Å². The maximum Gasteiger partial charge on any atom is 0.115 e. The van der Waals surface area contributed by atoms with Crippen LogP contribution in [0.3, 0.4) is 0 Å². The summed E-state index contributed by atoms with van der Waals surface area (Å²) >= 11 is 7.84. The van der Waals surface area contributed by atoms with Crippen LogP contribution in [0.1, 0.15) is 25.3 Å². The molecule has 0 aromatic heterocycles. The molecule has 0 bridgehead atoms. The first-order valence-electron chi connectivity index (χ1n) is 4.73. The third-order valence-electron chi connectivity index (χ3n) is 2.04. The molecule has 4 heteroatoms. The van der Waals surface area contributed by atoms with Gasteiger partial charge < -0.3 is 5.73 Å². The molecule has 2 nitrogen and oxygen atoms in total. The Kier molecular flexibility index (Phi) is 4.86. The number of nitrogens with two attached hydrogens (primary N) is 1. The van der Waals surface area contributed by atoms with Gasteiger partial charge in [0.15, 0.2) is 0 Å². The van der Waals surface area contributed by atoms with Crippen molar-refractivity contribution in [2.24, 2.45) is 10.7 Å². The van der Waals surface area contributed by atoms with Gasteiger partial charge in [-0.05, 0) is 46.2 Å². The van der Waals surface area contributed by atoms with E-state index in [9.17, 15) is 0 Å². The zero-order valence-electron chi connectivity index (χ0n) is 8.80. The number of nitrogens with zero attached hydrogens (tertiary/aromatic N) is 1. The van der Waals surface area contributed by atoms with E-state index in [0.717, 1.165) is 9.26 Å². The van der Waals surface area contributed by atoms with Crippen LogP contribution in [0.5, 0.6) is 0 Å². The highest BCUT2D eigenvalue weighted by molar-refractivity contribution is 14.1. The summed E-state index contributed by atoms with van der Waals surface area (Å²) in [6.07, 6.45) is 0. The molecular weight excluding hydrogens is 322 g/mol. The zero-order chi connectivity index (χ0) is 11.4. The first kappa shape index (κ1) is 12.8. The molecule has 0 saturated heterocycles.